The Morgan fingerprint density at radius 1 is 1.38 bits per heavy atom. The predicted molar refractivity (Wildman–Crippen MR) is 61.9 cm³/mol. The number of ether oxygens (including phenoxy) is 2. The van der Waals surface area contributed by atoms with Crippen LogP contribution in [-0.2, 0) is 9.47 Å². The third kappa shape index (κ3) is 3.04. The fraction of sp³-hybridized carbons (Fsp3) is 0.538. The molecule has 0 aromatic carbocycles. The Morgan fingerprint density at radius 3 is 2.94 bits per heavy atom. The van der Waals surface area contributed by atoms with E-state index in [-0.39, 0.29) is 12.9 Å². The van der Waals surface area contributed by atoms with Gasteiger partial charge in [0.2, 0.25) is 0 Å². The molecule has 2 aliphatic rings. The Labute approximate surface area is 96.1 Å². The second kappa shape index (κ2) is 5.99. The minimum Gasteiger partial charge on any atom is -0.392 e. The number of hydrogen-bond donors (Lipinski definition) is 1. The van der Waals surface area contributed by atoms with Gasteiger partial charge in [-0.05, 0) is 24.3 Å². The van der Waals surface area contributed by atoms with Crippen LogP contribution in [0.1, 0.15) is 12.8 Å². The lowest BCUT2D eigenvalue weighted by molar-refractivity contribution is -0.0136. The van der Waals surface area contributed by atoms with E-state index < -0.39 is 0 Å². The van der Waals surface area contributed by atoms with Crippen molar-refractivity contribution >= 4 is 0 Å². The topological polar surface area (TPSA) is 38.7 Å². The second-order valence-electron chi connectivity index (χ2n) is 4.01. The molecule has 0 amide bonds. The fourth-order valence-electron chi connectivity index (χ4n) is 2.00. The molecule has 1 atom stereocenters. The summed E-state index contributed by atoms with van der Waals surface area (Å²) in [5.74, 6) is 0.405. The first-order valence-corrected chi connectivity index (χ1v) is 5.78. The van der Waals surface area contributed by atoms with Crippen LogP contribution in [0.5, 0.6) is 0 Å². The van der Waals surface area contributed by atoms with E-state index in [1.807, 2.05) is 6.08 Å². The Morgan fingerprint density at radius 2 is 2.19 bits per heavy atom. The molecule has 1 aliphatic carbocycles. The lowest BCUT2D eigenvalue weighted by Crippen LogP contribution is -2.11. The summed E-state index contributed by atoms with van der Waals surface area (Å²) >= 11 is 0. The number of allylic oxidation sites excluding steroid dienone is 4. The fourth-order valence-corrected chi connectivity index (χ4v) is 2.00. The van der Waals surface area contributed by atoms with Crippen LogP contribution in [-0.4, -0.2) is 31.2 Å². The molecule has 1 heterocycles. The minimum atomic E-state index is -0.134. The van der Waals surface area contributed by atoms with Gasteiger partial charge in [-0.2, -0.15) is 0 Å². The first-order valence-electron chi connectivity index (χ1n) is 5.78. The predicted octanol–water partition coefficient (Wildman–Crippen LogP) is 1.80. The van der Waals surface area contributed by atoms with Crippen LogP contribution < -0.4 is 0 Å². The number of hydrogen-bond acceptors (Lipinski definition) is 3. The van der Waals surface area contributed by atoms with Gasteiger partial charge in [-0.25, -0.2) is 0 Å². The van der Waals surface area contributed by atoms with Crippen molar-refractivity contribution in [2.75, 3.05) is 19.8 Å². The van der Waals surface area contributed by atoms with Crippen LogP contribution in [0, 0.1) is 5.92 Å². The van der Waals surface area contributed by atoms with Crippen molar-refractivity contribution in [3.63, 3.8) is 0 Å². The smallest absolute Gasteiger partial charge is 0.180 e. The molecule has 0 aromatic rings. The number of aliphatic hydroxyl groups is 1. The third-order valence-electron chi connectivity index (χ3n) is 2.85. The van der Waals surface area contributed by atoms with Gasteiger partial charge in [0.1, 0.15) is 0 Å². The lowest BCUT2D eigenvalue weighted by Gasteiger charge is -2.13. The van der Waals surface area contributed by atoms with E-state index in [0.717, 1.165) is 12.8 Å². The Hall–Kier alpha value is -0.900. The van der Waals surface area contributed by atoms with Gasteiger partial charge in [-0.1, -0.05) is 30.4 Å². The molecule has 0 bridgehead atoms. The molecule has 3 heteroatoms. The van der Waals surface area contributed by atoms with Crippen LogP contribution in [0.25, 0.3) is 0 Å². The molecule has 0 aromatic heterocycles. The summed E-state index contributed by atoms with van der Waals surface area (Å²) in [5.41, 5.74) is 1.22. The average molecular weight is 222 g/mol. The highest BCUT2D eigenvalue weighted by atomic mass is 16.7. The summed E-state index contributed by atoms with van der Waals surface area (Å²) in [7, 11) is 0. The molecule has 88 valence electrons. The van der Waals surface area contributed by atoms with Crippen molar-refractivity contribution in [3.8, 4) is 0 Å². The Bertz CT molecular complexity index is 298. The summed E-state index contributed by atoms with van der Waals surface area (Å²) in [4.78, 5) is 0. The van der Waals surface area contributed by atoms with E-state index in [1.165, 1.54) is 5.57 Å². The molecule has 16 heavy (non-hydrogen) atoms. The normalized spacial score (nSPS) is 27.3. The molecule has 1 aliphatic heterocycles. The molecule has 0 radical (unpaired) electrons. The first-order chi connectivity index (χ1) is 7.90. The highest BCUT2D eigenvalue weighted by molar-refractivity contribution is 5.20. The maximum absolute atomic E-state index is 8.73. The summed E-state index contributed by atoms with van der Waals surface area (Å²) in [5, 5.41) is 8.73. The zero-order valence-corrected chi connectivity index (χ0v) is 9.34. The molecule has 2 rings (SSSR count). The van der Waals surface area contributed by atoms with Crippen molar-refractivity contribution in [1.29, 1.82) is 0 Å². The summed E-state index contributed by atoms with van der Waals surface area (Å²) < 4.78 is 11.0. The van der Waals surface area contributed by atoms with E-state index in [0.29, 0.717) is 19.1 Å². The van der Waals surface area contributed by atoms with Crippen molar-refractivity contribution in [2.24, 2.45) is 5.92 Å². The van der Waals surface area contributed by atoms with Crippen LogP contribution >= 0.6 is 0 Å². The van der Waals surface area contributed by atoms with E-state index in [4.69, 9.17) is 14.6 Å². The first kappa shape index (κ1) is 11.6. The lowest BCUT2D eigenvalue weighted by atomic mass is 10.0. The monoisotopic (exact) mass is 222 g/mol. The molecular formula is C13H18O3. The maximum atomic E-state index is 8.73. The third-order valence-corrected chi connectivity index (χ3v) is 2.85. The molecular weight excluding hydrogens is 204 g/mol. The molecule has 1 saturated heterocycles. The van der Waals surface area contributed by atoms with Crippen LogP contribution in [0.3, 0.4) is 0 Å². The standard InChI is InChI=1S/C13H18O3/c14-8-2-4-11-3-1-5-12(7-6-11)13-15-9-10-16-13/h1-5,11,13-14H,6-10H2/b4-2+. The van der Waals surface area contributed by atoms with Gasteiger partial charge in [-0.3, -0.25) is 0 Å². The van der Waals surface area contributed by atoms with Crippen LogP contribution in [0.2, 0.25) is 0 Å². The van der Waals surface area contributed by atoms with Gasteiger partial charge in [0.05, 0.1) is 19.8 Å². The zero-order chi connectivity index (χ0) is 11.2. The summed E-state index contributed by atoms with van der Waals surface area (Å²) in [6.45, 7) is 1.50. The van der Waals surface area contributed by atoms with E-state index in [9.17, 15) is 0 Å². The van der Waals surface area contributed by atoms with E-state index in [2.05, 4.69) is 18.2 Å². The van der Waals surface area contributed by atoms with E-state index >= 15 is 0 Å². The molecule has 0 spiro atoms. The van der Waals surface area contributed by atoms with Crippen molar-refractivity contribution in [1.82, 2.24) is 0 Å². The molecule has 1 N–H and O–H groups in total. The SMILES string of the molecule is OC/C=C/C1C=CC=C(C2OCCO2)CC1. The van der Waals surface area contributed by atoms with Gasteiger partial charge < -0.3 is 14.6 Å². The number of aliphatic hydroxyl groups excluding tert-OH is 1. The summed E-state index contributed by atoms with van der Waals surface area (Å²) in [6, 6.07) is 0. The largest absolute Gasteiger partial charge is 0.392 e. The van der Waals surface area contributed by atoms with E-state index in [1.54, 1.807) is 6.08 Å². The van der Waals surface area contributed by atoms with Crippen molar-refractivity contribution in [3.05, 3.63) is 36.0 Å². The van der Waals surface area contributed by atoms with Gasteiger partial charge in [-0.15, -0.1) is 0 Å². The van der Waals surface area contributed by atoms with Gasteiger partial charge in [0, 0.05) is 0 Å². The van der Waals surface area contributed by atoms with Gasteiger partial charge >= 0.3 is 0 Å². The average Bonchev–Trinajstić information content (AvgIpc) is 2.73. The molecule has 3 nitrogen and oxygen atoms in total. The molecule has 0 saturated carbocycles. The Kier molecular flexibility index (Phi) is 4.34. The molecule has 1 unspecified atom stereocenters. The van der Waals surface area contributed by atoms with Crippen LogP contribution in [0.4, 0.5) is 0 Å². The summed E-state index contributed by atoms with van der Waals surface area (Å²) in [6.07, 6.45) is 12.0. The number of rotatable bonds is 3. The second-order valence-corrected chi connectivity index (χ2v) is 4.01. The van der Waals surface area contributed by atoms with Gasteiger partial charge in [0.15, 0.2) is 6.29 Å². The molecule has 1 fully saturated rings. The zero-order valence-electron chi connectivity index (χ0n) is 9.34. The highest BCUT2D eigenvalue weighted by Crippen LogP contribution is 2.24. The maximum Gasteiger partial charge on any atom is 0.180 e. The van der Waals surface area contributed by atoms with Gasteiger partial charge in [0.25, 0.3) is 0 Å². The Balaban J connectivity index is 1.90. The van der Waals surface area contributed by atoms with Crippen molar-refractivity contribution in [2.45, 2.75) is 19.1 Å². The quantitative estimate of drug-likeness (QED) is 0.740. The van der Waals surface area contributed by atoms with Crippen LogP contribution in [0.15, 0.2) is 36.0 Å². The minimum absolute atomic E-state index is 0.111. The van der Waals surface area contributed by atoms with Crippen molar-refractivity contribution < 1.29 is 14.6 Å². The highest BCUT2D eigenvalue weighted by Gasteiger charge is 2.21.